The largest absolute Gasteiger partial charge is 0.379 e. The second kappa shape index (κ2) is 8.52. The highest BCUT2D eigenvalue weighted by atomic mass is 16.5. The lowest BCUT2D eigenvalue weighted by Gasteiger charge is -2.34. The first-order valence-electron chi connectivity index (χ1n) is 8.16. The Balaban J connectivity index is 1.76. The van der Waals surface area contributed by atoms with Gasteiger partial charge in [-0.25, -0.2) is 0 Å². The fourth-order valence-electron chi connectivity index (χ4n) is 2.95. The third-order valence-corrected chi connectivity index (χ3v) is 4.12. The van der Waals surface area contributed by atoms with Crippen LogP contribution in [0.3, 0.4) is 0 Å². The van der Waals surface area contributed by atoms with Crippen LogP contribution in [0.15, 0.2) is 30.3 Å². The van der Waals surface area contributed by atoms with E-state index in [9.17, 15) is 0 Å². The summed E-state index contributed by atoms with van der Waals surface area (Å²) >= 11 is 0. The fraction of sp³-hybridized carbons (Fsp3) is 0.667. The molecule has 0 saturated heterocycles. The van der Waals surface area contributed by atoms with Crippen LogP contribution in [0.4, 0.5) is 0 Å². The van der Waals surface area contributed by atoms with Crippen LogP contribution in [-0.2, 0) is 9.47 Å². The number of hydrogen-bond acceptors (Lipinski definition) is 3. The summed E-state index contributed by atoms with van der Waals surface area (Å²) in [7, 11) is 0. The van der Waals surface area contributed by atoms with Crippen LogP contribution < -0.4 is 5.73 Å². The molecular formula is C18H29NO2. The molecule has 1 fully saturated rings. The molecule has 1 aliphatic rings. The molecule has 21 heavy (non-hydrogen) atoms. The molecule has 1 aliphatic carbocycles. The molecule has 1 aromatic rings. The standard InChI is InChI=1S/C18H29NO2/c1-14(2)13-20-10-11-21-18-12-16(8-9-17(18)19)15-6-4-3-5-7-15/h3-7,14,16-18H,8-13,19H2,1-2H3. The molecule has 0 bridgehead atoms. The molecule has 0 aliphatic heterocycles. The van der Waals surface area contributed by atoms with Gasteiger partial charge in [0, 0.05) is 12.6 Å². The number of ether oxygens (including phenoxy) is 2. The van der Waals surface area contributed by atoms with Crippen molar-refractivity contribution in [3.05, 3.63) is 35.9 Å². The van der Waals surface area contributed by atoms with Gasteiger partial charge in [0.2, 0.25) is 0 Å². The molecule has 2 N–H and O–H groups in total. The lowest BCUT2D eigenvalue weighted by atomic mass is 9.80. The minimum atomic E-state index is 0.159. The molecule has 1 aromatic carbocycles. The highest BCUT2D eigenvalue weighted by Crippen LogP contribution is 2.33. The molecule has 1 saturated carbocycles. The maximum absolute atomic E-state index is 6.22. The van der Waals surface area contributed by atoms with Gasteiger partial charge in [-0.1, -0.05) is 44.2 Å². The van der Waals surface area contributed by atoms with Crippen molar-refractivity contribution in [1.29, 1.82) is 0 Å². The first-order chi connectivity index (χ1) is 10.2. The summed E-state index contributed by atoms with van der Waals surface area (Å²) in [6.45, 7) is 6.42. The van der Waals surface area contributed by atoms with E-state index in [1.807, 2.05) is 0 Å². The van der Waals surface area contributed by atoms with Gasteiger partial charge in [0.25, 0.3) is 0 Å². The highest BCUT2D eigenvalue weighted by molar-refractivity contribution is 5.20. The van der Waals surface area contributed by atoms with Gasteiger partial charge in [-0.2, -0.15) is 0 Å². The second-order valence-corrected chi connectivity index (χ2v) is 6.46. The van der Waals surface area contributed by atoms with Crippen LogP contribution in [-0.4, -0.2) is 32.0 Å². The number of benzene rings is 1. The number of nitrogens with two attached hydrogens (primary N) is 1. The van der Waals surface area contributed by atoms with Gasteiger partial charge < -0.3 is 15.2 Å². The Morgan fingerprint density at radius 2 is 1.90 bits per heavy atom. The summed E-state index contributed by atoms with van der Waals surface area (Å²) in [6.07, 6.45) is 3.38. The van der Waals surface area contributed by atoms with Gasteiger partial charge in [0.1, 0.15) is 0 Å². The molecule has 0 radical (unpaired) electrons. The Bertz CT molecular complexity index is 393. The molecule has 0 amide bonds. The molecule has 118 valence electrons. The van der Waals surface area contributed by atoms with Gasteiger partial charge in [0.15, 0.2) is 0 Å². The van der Waals surface area contributed by atoms with Crippen LogP contribution in [0.2, 0.25) is 0 Å². The average Bonchev–Trinajstić information content (AvgIpc) is 2.49. The molecule has 3 heteroatoms. The summed E-state index contributed by atoms with van der Waals surface area (Å²) in [6, 6.07) is 10.9. The minimum absolute atomic E-state index is 0.159. The smallest absolute Gasteiger partial charge is 0.0732 e. The zero-order valence-corrected chi connectivity index (χ0v) is 13.3. The fourth-order valence-corrected chi connectivity index (χ4v) is 2.95. The molecular weight excluding hydrogens is 262 g/mol. The van der Waals surface area contributed by atoms with E-state index in [4.69, 9.17) is 15.2 Å². The third-order valence-electron chi connectivity index (χ3n) is 4.12. The van der Waals surface area contributed by atoms with Gasteiger partial charge in [-0.15, -0.1) is 0 Å². The zero-order chi connectivity index (χ0) is 15.1. The molecule has 3 unspecified atom stereocenters. The van der Waals surface area contributed by atoms with E-state index in [1.54, 1.807) is 0 Å². The van der Waals surface area contributed by atoms with Crippen LogP contribution >= 0.6 is 0 Å². The Morgan fingerprint density at radius 3 is 2.62 bits per heavy atom. The Morgan fingerprint density at radius 1 is 1.14 bits per heavy atom. The van der Waals surface area contributed by atoms with E-state index in [2.05, 4.69) is 44.2 Å². The first-order valence-corrected chi connectivity index (χ1v) is 8.16. The summed E-state index contributed by atoms with van der Waals surface area (Å²) in [5.74, 6) is 1.15. The molecule has 3 atom stereocenters. The van der Waals surface area contributed by atoms with Crippen LogP contribution in [0.5, 0.6) is 0 Å². The lowest BCUT2D eigenvalue weighted by Crippen LogP contribution is -2.42. The monoisotopic (exact) mass is 291 g/mol. The Kier molecular flexibility index (Phi) is 6.68. The lowest BCUT2D eigenvalue weighted by molar-refractivity contribution is -0.0260. The number of hydrogen-bond donors (Lipinski definition) is 1. The Hall–Kier alpha value is -0.900. The van der Waals surface area contributed by atoms with Gasteiger partial charge in [0.05, 0.1) is 19.3 Å². The topological polar surface area (TPSA) is 44.5 Å². The van der Waals surface area contributed by atoms with E-state index >= 15 is 0 Å². The van der Waals surface area contributed by atoms with E-state index in [1.165, 1.54) is 5.56 Å². The minimum Gasteiger partial charge on any atom is -0.379 e. The summed E-state index contributed by atoms with van der Waals surface area (Å²) in [5, 5.41) is 0. The molecule has 3 nitrogen and oxygen atoms in total. The van der Waals surface area contributed by atoms with Crippen molar-refractivity contribution in [2.24, 2.45) is 11.7 Å². The number of rotatable bonds is 7. The molecule has 0 heterocycles. The summed E-state index contributed by atoms with van der Waals surface area (Å²) in [5.41, 5.74) is 7.63. The molecule has 0 aromatic heterocycles. The van der Waals surface area contributed by atoms with Crippen molar-refractivity contribution in [3.63, 3.8) is 0 Å². The Labute approximate surface area is 128 Å². The van der Waals surface area contributed by atoms with Gasteiger partial charge >= 0.3 is 0 Å². The maximum atomic E-state index is 6.22. The average molecular weight is 291 g/mol. The quantitative estimate of drug-likeness (QED) is 0.784. The van der Waals surface area contributed by atoms with Gasteiger partial charge in [-0.3, -0.25) is 0 Å². The first kappa shape index (κ1) is 16.5. The van der Waals surface area contributed by atoms with Crippen LogP contribution in [0.1, 0.15) is 44.6 Å². The zero-order valence-electron chi connectivity index (χ0n) is 13.3. The second-order valence-electron chi connectivity index (χ2n) is 6.46. The summed E-state index contributed by atoms with van der Waals surface area (Å²) < 4.78 is 11.5. The molecule has 2 rings (SSSR count). The van der Waals surface area contributed by atoms with Crippen molar-refractivity contribution in [1.82, 2.24) is 0 Å². The van der Waals surface area contributed by atoms with E-state index in [-0.39, 0.29) is 12.1 Å². The third kappa shape index (κ3) is 5.42. The van der Waals surface area contributed by atoms with Crippen molar-refractivity contribution >= 4 is 0 Å². The van der Waals surface area contributed by atoms with E-state index in [0.29, 0.717) is 25.0 Å². The van der Waals surface area contributed by atoms with Gasteiger partial charge in [-0.05, 0) is 36.7 Å². The molecule has 0 spiro atoms. The van der Waals surface area contributed by atoms with Crippen LogP contribution in [0.25, 0.3) is 0 Å². The van der Waals surface area contributed by atoms with E-state index < -0.39 is 0 Å². The SMILES string of the molecule is CC(C)COCCOC1CC(c2ccccc2)CCC1N. The highest BCUT2D eigenvalue weighted by Gasteiger charge is 2.29. The predicted molar refractivity (Wildman–Crippen MR) is 86.4 cm³/mol. The van der Waals surface area contributed by atoms with Crippen molar-refractivity contribution < 1.29 is 9.47 Å². The predicted octanol–water partition coefficient (Wildman–Crippen LogP) is 3.34. The van der Waals surface area contributed by atoms with Crippen molar-refractivity contribution in [2.75, 3.05) is 19.8 Å². The van der Waals surface area contributed by atoms with E-state index in [0.717, 1.165) is 25.9 Å². The van der Waals surface area contributed by atoms with Crippen molar-refractivity contribution in [2.45, 2.75) is 51.2 Å². The summed E-state index contributed by atoms with van der Waals surface area (Å²) in [4.78, 5) is 0. The maximum Gasteiger partial charge on any atom is 0.0732 e. The van der Waals surface area contributed by atoms with Crippen molar-refractivity contribution in [3.8, 4) is 0 Å². The normalized spacial score (nSPS) is 26.2. The van der Waals surface area contributed by atoms with Crippen LogP contribution in [0, 0.1) is 5.92 Å².